The highest BCUT2D eigenvalue weighted by molar-refractivity contribution is 5.87. The van der Waals surface area contributed by atoms with Crippen LogP contribution in [0.3, 0.4) is 0 Å². The van der Waals surface area contributed by atoms with Gasteiger partial charge in [-0.15, -0.1) is 0 Å². The first-order valence-electron chi connectivity index (χ1n) is 5.37. The van der Waals surface area contributed by atoms with Gasteiger partial charge < -0.3 is 0 Å². The number of allylic oxidation sites excluding steroid dienone is 2. The van der Waals surface area contributed by atoms with Crippen LogP contribution in [0.2, 0.25) is 0 Å². The summed E-state index contributed by atoms with van der Waals surface area (Å²) in [7, 11) is 0. The molecule has 0 aliphatic rings. The van der Waals surface area contributed by atoms with Crippen LogP contribution in [0.1, 0.15) is 25.0 Å². The summed E-state index contributed by atoms with van der Waals surface area (Å²) in [5.41, 5.74) is 2.31. The first-order valence-corrected chi connectivity index (χ1v) is 5.37. The van der Waals surface area contributed by atoms with Crippen LogP contribution in [-0.4, -0.2) is 5.97 Å². The average molecular weight is 217 g/mol. The van der Waals surface area contributed by atoms with Gasteiger partial charge in [-0.2, -0.15) is 4.39 Å². The highest BCUT2D eigenvalue weighted by Gasteiger charge is 1.89. The first kappa shape index (κ1) is 12.4. The molecule has 0 amide bonds. The molecule has 84 valence electrons. The van der Waals surface area contributed by atoms with Crippen molar-refractivity contribution in [2.75, 3.05) is 0 Å². The van der Waals surface area contributed by atoms with E-state index in [2.05, 4.69) is 24.0 Å². The van der Waals surface area contributed by atoms with Gasteiger partial charge in [-0.05, 0) is 36.6 Å². The quantitative estimate of drug-likeness (QED) is 0.671. The molecule has 0 aliphatic carbocycles. The Morgan fingerprint density at radius 3 is 2.56 bits per heavy atom. The summed E-state index contributed by atoms with van der Waals surface area (Å²) < 4.78 is 12.8. The zero-order valence-corrected chi connectivity index (χ0v) is 9.65. The van der Waals surface area contributed by atoms with Crippen LogP contribution in [0, 0.1) is 0 Å². The number of halogens is 1. The highest BCUT2D eigenvalue weighted by atomic mass is 19.1. The summed E-state index contributed by atoms with van der Waals surface area (Å²) in [5.74, 6) is -0.482. The van der Waals surface area contributed by atoms with Crippen molar-refractivity contribution in [2.45, 2.75) is 20.3 Å². The van der Waals surface area contributed by atoms with E-state index in [0.717, 1.165) is 12.0 Å². The Morgan fingerprint density at radius 1 is 1.31 bits per heavy atom. The van der Waals surface area contributed by atoms with Crippen molar-refractivity contribution in [3.63, 3.8) is 0 Å². The summed E-state index contributed by atoms with van der Waals surface area (Å²) in [6.45, 7) is 3.86. The third-order valence-corrected chi connectivity index (χ3v) is 2.16. The summed E-state index contributed by atoms with van der Waals surface area (Å²) in [4.78, 5) is 3.63. The molecule has 16 heavy (non-hydrogen) atoms. The molecule has 0 aliphatic heterocycles. The van der Waals surface area contributed by atoms with E-state index in [0.29, 0.717) is 0 Å². The van der Waals surface area contributed by atoms with E-state index in [4.69, 9.17) is 0 Å². The highest BCUT2D eigenvalue weighted by Crippen LogP contribution is 2.06. The molecule has 0 N–H and O–H groups in total. The maximum absolute atomic E-state index is 12.8. The molecule has 1 rings (SSSR count). The zero-order chi connectivity index (χ0) is 11.8. The summed E-state index contributed by atoms with van der Waals surface area (Å²) in [5, 5.41) is 0. The number of nitrogens with zero attached hydrogens (tertiary/aromatic N) is 1. The summed E-state index contributed by atoms with van der Waals surface area (Å²) in [6.07, 6.45) is 7.21. The number of hydrogen-bond acceptors (Lipinski definition) is 1. The second-order valence-corrected chi connectivity index (χ2v) is 3.36. The third kappa shape index (κ3) is 4.22. The van der Waals surface area contributed by atoms with Gasteiger partial charge in [-0.3, -0.25) is 0 Å². The Bertz CT molecular complexity index is 399. The Balaban J connectivity index is 2.66. The van der Waals surface area contributed by atoms with Gasteiger partial charge in [0.1, 0.15) is 0 Å². The number of rotatable bonds is 4. The Labute approximate surface area is 96.0 Å². The molecule has 0 saturated carbocycles. The van der Waals surface area contributed by atoms with Crippen LogP contribution in [0.15, 0.2) is 47.6 Å². The Hall–Kier alpha value is -1.70. The van der Waals surface area contributed by atoms with Crippen LogP contribution in [0.25, 0.3) is 6.08 Å². The van der Waals surface area contributed by atoms with Crippen molar-refractivity contribution in [2.24, 2.45) is 4.99 Å². The van der Waals surface area contributed by atoms with Crippen LogP contribution in [0.5, 0.6) is 0 Å². The van der Waals surface area contributed by atoms with Crippen LogP contribution >= 0.6 is 0 Å². The molecular formula is C14H16FN. The van der Waals surface area contributed by atoms with Crippen LogP contribution in [0.4, 0.5) is 4.39 Å². The van der Waals surface area contributed by atoms with Gasteiger partial charge in [0.25, 0.3) is 0 Å². The monoisotopic (exact) mass is 217 g/mol. The first-order chi connectivity index (χ1) is 7.76. The van der Waals surface area contributed by atoms with Crippen molar-refractivity contribution >= 4 is 12.0 Å². The van der Waals surface area contributed by atoms with Crippen LogP contribution in [-0.2, 0) is 6.42 Å². The van der Waals surface area contributed by atoms with Gasteiger partial charge in [-0.1, -0.05) is 37.3 Å². The standard InChI is InChI=1S/C14H16FN/c1-3-5-14(15)16-11-10-13-8-6-12(4-2)7-9-13/h3,5-11H,4H2,1-2H3/b5-3-,11-10+,16-14-. The van der Waals surface area contributed by atoms with Crippen molar-refractivity contribution in [3.8, 4) is 0 Å². The van der Waals surface area contributed by atoms with Gasteiger partial charge in [0.05, 0.1) is 0 Å². The lowest BCUT2D eigenvalue weighted by atomic mass is 10.1. The minimum Gasteiger partial charge on any atom is -0.228 e. The van der Waals surface area contributed by atoms with Crippen molar-refractivity contribution < 1.29 is 4.39 Å². The number of benzene rings is 1. The van der Waals surface area contributed by atoms with E-state index < -0.39 is 5.97 Å². The fourth-order valence-corrected chi connectivity index (χ4v) is 1.24. The van der Waals surface area contributed by atoms with Crippen molar-refractivity contribution in [1.82, 2.24) is 0 Å². The lowest BCUT2D eigenvalue weighted by Crippen LogP contribution is -1.80. The second kappa shape index (κ2) is 6.72. The van der Waals surface area contributed by atoms with E-state index in [1.807, 2.05) is 12.1 Å². The fraction of sp³-hybridized carbons (Fsp3) is 0.214. The number of aryl methyl sites for hydroxylation is 1. The largest absolute Gasteiger partial charge is 0.228 e. The molecule has 0 spiro atoms. The normalized spacial score (nSPS) is 12.8. The summed E-state index contributed by atoms with van der Waals surface area (Å²) in [6, 6.07) is 8.12. The molecule has 0 atom stereocenters. The molecule has 0 bridgehead atoms. The molecule has 0 fully saturated rings. The average Bonchev–Trinajstić information content (AvgIpc) is 2.30. The SMILES string of the molecule is C\C=C/C(F)=N/C=C/c1ccc(CC)cc1. The minimum absolute atomic E-state index is 0.482. The maximum atomic E-state index is 12.8. The predicted molar refractivity (Wildman–Crippen MR) is 68.2 cm³/mol. The van der Waals surface area contributed by atoms with Gasteiger partial charge in [-0.25, -0.2) is 4.99 Å². The number of aliphatic imine (C=N–C) groups is 1. The Kier molecular flexibility index (Phi) is 5.20. The van der Waals surface area contributed by atoms with Gasteiger partial charge in [0.15, 0.2) is 0 Å². The molecule has 0 aromatic heterocycles. The fourth-order valence-electron chi connectivity index (χ4n) is 1.24. The lowest BCUT2D eigenvalue weighted by molar-refractivity contribution is 0.813. The topological polar surface area (TPSA) is 12.4 Å². The molecular weight excluding hydrogens is 201 g/mol. The smallest absolute Gasteiger partial charge is 0.212 e. The van der Waals surface area contributed by atoms with Gasteiger partial charge in [0.2, 0.25) is 5.97 Å². The zero-order valence-electron chi connectivity index (χ0n) is 9.65. The molecule has 0 heterocycles. The van der Waals surface area contributed by atoms with Gasteiger partial charge in [0, 0.05) is 6.20 Å². The molecule has 0 unspecified atom stereocenters. The molecule has 0 saturated heterocycles. The van der Waals surface area contributed by atoms with E-state index >= 15 is 0 Å². The van der Waals surface area contributed by atoms with E-state index in [1.165, 1.54) is 17.8 Å². The molecule has 1 aromatic rings. The van der Waals surface area contributed by atoms with Crippen molar-refractivity contribution in [1.29, 1.82) is 0 Å². The van der Waals surface area contributed by atoms with Gasteiger partial charge >= 0.3 is 0 Å². The number of hydrogen-bond donors (Lipinski definition) is 0. The molecule has 1 aromatic carbocycles. The maximum Gasteiger partial charge on any atom is 0.212 e. The summed E-state index contributed by atoms with van der Waals surface area (Å²) >= 11 is 0. The molecule has 1 nitrogen and oxygen atoms in total. The predicted octanol–water partition coefficient (Wildman–Crippen LogP) is 4.16. The van der Waals surface area contributed by atoms with Crippen molar-refractivity contribution in [3.05, 3.63) is 53.7 Å². The lowest BCUT2D eigenvalue weighted by Gasteiger charge is -1.96. The molecule has 2 heteroatoms. The molecule has 0 radical (unpaired) electrons. The van der Waals surface area contributed by atoms with E-state index in [1.54, 1.807) is 19.1 Å². The van der Waals surface area contributed by atoms with E-state index in [9.17, 15) is 4.39 Å². The minimum atomic E-state index is -0.482. The van der Waals surface area contributed by atoms with E-state index in [-0.39, 0.29) is 0 Å². The second-order valence-electron chi connectivity index (χ2n) is 3.36. The third-order valence-electron chi connectivity index (χ3n) is 2.16. The van der Waals surface area contributed by atoms with Crippen LogP contribution < -0.4 is 0 Å². The Morgan fingerprint density at radius 2 is 2.00 bits per heavy atom.